The van der Waals surface area contributed by atoms with Gasteiger partial charge in [-0.2, -0.15) is 0 Å². The van der Waals surface area contributed by atoms with Gasteiger partial charge in [-0.3, -0.25) is 9.78 Å². The van der Waals surface area contributed by atoms with Gasteiger partial charge in [-0.05, 0) is 60.4 Å². The third-order valence-electron chi connectivity index (χ3n) is 4.27. The molecule has 25 heavy (non-hydrogen) atoms. The van der Waals surface area contributed by atoms with Gasteiger partial charge in [0, 0.05) is 28.2 Å². The second-order valence-electron chi connectivity index (χ2n) is 6.08. The molecule has 3 rings (SSSR count). The molecule has 3 aromatic rings. The lowest BCUT2D eigenvalue weighted by molar-refractivity contribution is 0.102. The molecular weight excluding hydrogens is 350 g/mol. The zero-order valence-corrected chi connectivity index (χ0v) is 15.9. The summed E-state index contributed by atoms with van der Waals surface area (Å²) >= 11 is 7.62. The van der Waals surface area contributed by atoms with Gasteiger partial charge in [0.25, 0.3) is 0 Å². The highest BCUT2D eigenvalue weighted by atomic mass is 35.5. The summed E-state index contributed by atoms with van der Waals surface area (Å²) in [6.07, 6.45) is 5.61. The number of rotatable bonds is 6. The minimum absolute atomic E-state index is 0.121. The Morgan fingerprint density at radius 2 is 1.84 bits per heavy atom. The molecule has 0 saturated carbocycles. The highest BCUT2D eigenvalue weighted by Gasteiger charge is 2.22. The number of halogens is 1. The van der Waals surface area contributed by atoms with Crippen LogP contribution in [0.2, 0.25) is 5.02 Å². The van der Waals surface area contributed by atoms with E-state index in [0.717, 1.165) is 38.7 Å². The van der Waals surface area contributed by atoms with Crippen LogP contribution in [0, 0.1) is 0 Å². The van der Waals surface area contributed by atoms with Crippen molar-refractivity contribution in [2.75, 3.05) is 0 Å². The summed E-state index contributed by atoms with van der Waals surface area (Å²) in [5.74, 6) is 0.323. The Kier molecular flexibility index (Phi) is 5.67. The Bertz CT molecular complexity index is 855. The van der Waals surface area contributed by atoms with Gasteiger partial charge in [-0.25, -0.2) is 0 Å². The molecule has 2 heterocycles. The normalized spacial score (nSPS) is 12.1. The summed E-state index contributed by atoms with van der Waals surface area (Å²) < 4.78 is 0. The fourth-order valence-electron chi connectivity index (χ4n) is 3.08. The van der Waals surface area contributed by atoms with E-state index in [4.69, 9.17) is 11.6 Å². The predicted octanol–water partition coefficient (Wildman–Crippen LogP) is 6.60. The summed E-state index contributed by atoms with van der Waals surface area (Å²) in [4.78, 5) is 18.3. The highest BCUT2D eigenvalue weighted by molar-refractivity contribution is 7.17. The number of carbonyl (C=O) groups excluding carboxylic acids is 1. The van der Waals surface area contributed by atoms with Crippen molar-refractivity contribution in [1.29, 1.82) is 0 Å². The lowest BCUT2D eigenvalue weighted by atomic mass is 9.87. The number of nitrogens with zero attached hydrogens (tertiary/aromatic N) is 1. The maximum absolute atomic E-state index is 12.3. The van der Waals surface area contributed by atoms with E-state index in [1.165, 1.54) is 5.56 Å². The van der Waals surface area contributed by atoms with Crippen molar-refractivity contribution < 1.29 is 4.79 Å². The van der Waals surface area contributed by atoms with Crippen LogP contribution in [0.3, 0.4) is 0 Å². The van der Waals surface area contributed by atoms with Crippen LogP contribution < -0.4 is 0 Å². The minimum atomic E-state index is 0.121. The Morgan fingerprint density at radius 1 is 1.16 bits per heavy atom. The number of hydrogen-bond acceptors (Lipinski definition) is 3. The quantitative estimate of drug-likeness (QED) is 0.458. The van der Waals surface area contributed by atoms with Gasteiger partial charge in [-0.1, -0.05) is 37.1 Å². The summed E-state index contributed by atoms with van der Waals surface area (Å²) in [5, 5.41) is 0.730. The first kappa shape index (κ1) is 17.8. The molecule has 128 valence electrons. The minimum Gasteiger partial charge on any atom is -0.294 e. The summed E-state index contributed by atoms with van der Waals surface area (Å²) in [6.45, 7) is 3.82. The maximum atomic E-state index is 12.3. The van der Waals surface area contributed by atoms with Crippen LogP contribution in [0.15, 0.2) is 54.9 Å². The van der Waals surface area contributed by atoms with E-state index in [0.29, 0.717) is 0 Å². The molecule has 0 spiro atoms. The molecule has 1 atom stereocenters. The third kappa shape index (κ3) is 4.00. The lowest BCUT2D eigenvalue weighted by Crippen LogP contribution is -2.04. The van der Waals surface area contributed by atoms with Crippen molar-refractivity contribution in [2.24, 2.45) is 0 Å². The molecule has 0 bridgehead atoms. The van der Waals surface area contributed by atoms with Crippen molar-refractivity contribution in [2.45, 2.75) is 32.6 Å². The second kappa shape index (κ2) is 7.94. The van der Waals surface area contributed by atoms with Gasteiger partial charge in [-0.15, -0.1) is 11.3 Å². The zero-order valence-electron chi connectivity index (χ0n) is 14.3. The van der Waals surface area contributed by atoms with Gasteiger partial charge in [0.1, 0.15) is 0 Å². The average Bonchev–Trinajstić information content (AvgIpc) is 3.07. The number of carbonyl (C=O) groups is 1. The van der Waals surface area contributed by atoms with Crippen LogP contribution in [0.1, 0.15) is 53.4 Å². The summed E-state index contributed by atoms with van der Waals surface area (Å²) in [5.41, 5.74) is 3.42. The molecule has 0 saturated heterocycles. The Morgan fingerprint density at radius 3 is 2.44 bits per heavy atom. The topological polar surface area (TPSA) is 30.0 Å². The molecule has 0 N–H and O–H groups in total. The summed E-state index contributed by atoms with van der Waals surface area (Å²) in [6, 6.07) is 14.1. The fraction of sp³-hybridized carbons (Fsp3) is 0.238. The SMILES string of the molecule is CCCC(c1ccc(Cl)cc1)c1cc(-c2ccncc2)sc1C(C)=O. The molecule has 0 radical (unpaired) electrons. The van der Waals surface area contributed by atoms with Crippen LogP contribution in [-0.4, -0.2) is 10.8 Å². The highest BCUT2D eigenvalue weighted by Crippen LogP contribution is 2.40. The molecule has 2 nitrogen and oxygen atoms in total. The molecule has 1 aromatic carbocycles. The third-order valence-corrected chi connectivity index (χ3v) is 5.82. The monoisotopic (exact) mass is 369 g/mol. The average molecular weight is 370 g/mol. The Labute approximate surface area is 157 Å². The van der Waals surface area contributed by atoms with Gasteiger partial charge < -0.3 is 0 Å². The summed E-state index contributed by atoms with van der Waals surface area (Å²) in [7, 11) is 0. The van der Waals surface area contributed by atoms with Crippen LogP contribution in [0.5, 0.6) is 0 Å². The molecule has 0 aliphatic rings. The molecule has 0 fully saturated rings. The van der Waals surface area contributed by atoms with Gasteiger partial charge in [0.05, 0.1) is 4.88 Å². The standard InChI is InChI=1S/C21H20ClNOS/c1-3-4-18(15-5-7-17(22)8-6-15)19-13-20(25-21(19)14(2)24)16-9-11-23-12-10-16/h5-13,18H,3-4H2,1-2H3. The lowest BCUT2D eigenvalue weighted by Gasteiger charge is -2.17. The van der Waals surface area contributed by atoms with Crippen molar-refractivity contribution in [1.82, 2.24) is 4.98 Å². The van der Waals surface area contributed by atoms with Gasteiger partial charge >= 0.3 is 0 Å². The van der Waals surface area contributed by atoms with E-state index < -0.39 is 0 Å². The molecule has 4 heteroatoms. The van der Waals surface area contributed by atoms with Crippen LogP contribution >= 0.6 is 22.9 Å². The second-order valence-corrected chi connectivity index (χ2v) is 7.57. The van der Waals surface area contributed by atoms with Crippen LogP contribution in [0.4, 0.5) is 0 Å². The first-order valence-corrected chi connectivity index (χ1v) is 9.60. The predicted molar refractivity (Wildman–Crippen MR) is 106 cm³/mol. The van der Waals surface area contributed by atoms with E-state index in [9.17, 15) is 4.79 Å². The number of aromatic nitrogens is 1. The fourth-order valence-corrected chi connectivity index (χ4v) is 4.33. The first-order chi connectivity index (χ1) is 12.1. The molecule has 0 aliphatic carbocycles. The Hall–Kier alpha value is -1.97. The number of Topliss-reactive ketones (excluding diaryl/α,β-unsaturated/α-hetero) is 1. The molecule has 0 amide bonds. The van der Waals surface area contributed by atoms with Crippen LogP contribution in [-0.2, 0) is 0 Å². The maximum Gasteiger partial charge on any atom is 0.170 e. The number of benzene rings is 1. The first-order valence-electron chi connectivity index (χ1n) is 8.40. The van der Waals surface area contributed by atoms with Crippen molar-refractivity contribution in [3.63, 3.8) is 0 Å². The zero-order chi connectivity index (χ0) is 17.8. The van der Waals surface area contributed by atoms with Gasteiger partial charge in [0.15, 0.2) is 5.78 Å². The molecule has 0 aliphatic heterocycles. The van der Waals surface area contributed by atoms with Crippen molar-refractivity contribution in [3.05, 3.63) is 75.9 Å². The smallest absolute Gasteiger partial charge is 0.170 e. The molecular formula is C21H20ClNOS. The van der Waals surface area contributed by atoms with E-state index in [-0.39, 0.29) is 11.7 Å². The molecule has 1 unspecified atom stereocenters. The van der Waals surface area contributed by atoms with Crippen molar-refractivity contribution >= 4 is 28.7 Å². The van der Waals surface area contributed by atoms with E-state index >= 15 is 0 Å². The number of hydrogen-bond donors (Lipinski definition) is 0. The molecule has 2 aromatic heterocycles. The Balaban J connectivity index is 2.10. The van der Waals surface area contributed by atoms with E-state index in [1.54, 1.807) is 30.7 Å². The number of ketones is 1. The number of pyridine rings is 1. The van der Waals surface area contributed by atoms with E-state index in [1.807, 2.05) is 24.3 Å². The van der Waals surface area contributed by atoms with Gasteiger partial charge in [0.2, 0.25) is 0 Å². The largest absolute Gasteiger partial charge is 0.294 e. The number of thiophene rings is 1. The van der Waals surface area contributed by atoms with Crippen LogP contribution in [0.25, 0.3) is 10.4 Å². The van der Waals surface area contributed by atoms with Crippen molar-refractivity contribution in [3.8, 4) is 10.4 Å². The van der Waals surface area contributed by atoms with E-state index in [2.05, 4.69) is 30.1 Å².